The molecule has 84 valence electrons. The van der Waals surface area contributed by atoms with Crippen LogP contribution in [-0.4, -0.2) is 11.5 Å². The highest BCUT2D eigenvalue weighted by Gasteiger charge is 2.01. The lowest BCUT2D eigenvalue weighted by Crippen LogP contribution is -2.06. The second kappa shape index (κ2) is 5.16. The minimum absolute atomic E-state index is 0.808. The van der Waals surface area contributed by atoms with Crippen molar-refractivity contribution in [1.82, 2.24) is 4.98 Å². The van der Waals surface area contributed by atoms with Gasteiger partial charge in [-0.05, 0) is 46.6 Å². The Kier molecular flexibility index (Phi) is 3.62. The predicted molar refractivity (Wildman–Crippen MR) is 67.6 cm³/mol. The van der Waals surface area contributed by atoms with Crippen molar-refractivity contribution in [2.24, 2.45) is 0 Å². The van der Waals surface area contributed by atoms with Gasteiger partial charge in [-0.1, -0.05) is 0 Å². The molecular formula is C12H13BrN2O. The summed E-state index contributed by atoms with van der Waals surface area (Å²) in [7, 11) is 0. The molecule has 0 aliphatic carbocycles. The third-order valence-corrected chi connectivity index (χ3v) is 2.83. The number of nitrogens with zero attached hydrogens (tertiary/aromatic N) is 1. The molecule has 0 unspecified atom stereocenters. The summed E-state index contributed by atoms with van der Waals surface area (Å²) >= 11 is 3.48. The second-order valence-corrected chi connectivity index (χ2v) is 4.45. The third-order valence-electron chi connectivity index (χ3n) is 2.22. The van der Waals surface area contributed by atoms with Crippen LogP contribution in [0.5, 0.6) is 0 Å². The van der Waals surface area contributed by atoms with Crippen molar-refractivity contribution < 1.29 is 4.42 Å². The van der Waals surface area contributed by atoms with Gasteiger partial charge in [-0.15, -0.1) is 0 Å². The molecule has 0 amide bonds. The van der Waals surface area contributed by atoms with E-state index in [-0.39, 0.29) is 0 Å². The minimum Gasteiger partial charge on any atom is -0.469 e. The molecule has 0 fully saturated rings. The lowest BCUT2D eigenvalue weighted by atomic mass is 10.3. The van der Waals surface area contributed by atoms with E-state index in [9.17, 15) is 0 Å². The fourth-order valence-electron chi connectivity index (χ4n) is 1.42. The highest BCUT2D eigenvalue weighted by Crippen LogP contribution is 2.20. The summed E-state index contributed by atoms with van der Waals surface area (Å²) in [6.07, 6.45) is 4.39. The minimum atomic E-state index is 0.808. The van der Waals surface area contributed by atoms with Crippen LogP contribution in [0.25, 0.3) is 0 Å². The maximum Gasteiger partial charge on any atom is 0.140 e. The molecular weight excluding hydrogens is 268 g/mol. The molecule has 4 heteroatoms. The quantitative estimate of drug-likeness (QED) is 0.933. The van der Waals surface area contributed by atoms with Crippen LogP contribution in [-0.2, 0) is 6.42 Å². The fourth-order valence-corrected chi connectivity index (χ4v) is 2.03. The number of nitrogens with one attached hydrogen (secondary N) is 1. The number of anilines is 1. The Bertz CT molecular complexity index is 454. The van der Waals surface area contributed by atoms with Crippen LogP contribution in [0.1, 0.15) is 11.3 Å². The lowest BCUT2D eigenvalue weighted by molar-refractivity contribution is 0.513. The monoisotopic (exact) mass is 280 g/mol. The average molecular weight is 281 g/mol. The zero-order valence-corrected chi connectivity index (χ0v) is 10.6. The molecule has 0 spiro atoms. The van der Waals surface area contributed by atoms with Gasteiger partial charge in [0.15, 0.2) is 0 Å². The maximum absolute atomic E-state index is 5.25. The molecule has 0 aromatic carbocycles. The molecule has 2 heterocycles. The van der Waals surface area contributed by atoms with Crippen molar-refractivity contribution in [1.29, 1.82) is 0 Å². The number of halogens is 1. The van der Waals surface area contributed by atoms with E-state index in [0.29, 0.717) is 0 Å². The van der Waals surface area contributed by atoms with E-state index < -0.39 is 0 Å². The van der Waals surface area contributed by atoms with Gasteiger partial charge in [-0.2, -0.15) is 0 Å². The number of hydrogen-bond donors (Lipinski definition) is 1. The first-order valence-electron chi connectivity index (χ1n) is 5.14. The van der Waals surface area contributed by atoms with E-state index in [1.54, 1.807) is 6.26 Å². The van der Waals surface area contributed by atoms with Crippen LogP contribution >= 0.6 is 15.9 Å². The van der Waals surface area contributed by atoms with Crippen molar-refractivity contribution in [3.8, 4) is 0 Å². The number of furan rings is 1. The van der Waals surface area contributed by atoms with Gasteiger partial charge in [0.2, 0.25) is 0 Å². The fraction of sp³-hybridized carbons (Fsp3) is 0.250. The molecule has 0 bridgehead atoms. The third kappa shape index (κ3) is 2.85. The molecule has 2 rings (SSSR count). The van der Waals surface area contributed by atoms with Crippen molar-refractivity contribution in [2.45, 2.75) is 13.3 Å². The first-order valence-corrected chi connectivity index (χ1v) is 5.93. The molecule has 2 aromatic heterocycles. The summed E-state index contributed by atoms with van der Waals surface area (Å²) in [6, 6.07) is 5.91. The topological polar surface area (TPSA) is 38.1 Å². The van der Waals surface area contributed by atoms with E-state index in [0.717, 1.165) is 34.6 Å². The van der Waals surface area contributed by atoms with Crippen LogP contribution in [0.2, 0.25) is 0 Å². The molecule has 3 nitrogen and oxygen atoms in total. The zero-order chi connectivity index (χ0) is 11.4. The Balaban J connectivity index is 1.90. The molecule has 2 aromatic rings. The summed E-state index contributed by atoms with van der Waals surface area (Å²) in [4.78, 5) is 4.31. The number of aromatic nitrogens is 1. The van der Waals surface area contributed by atoms with Gasteiger partial charge < -0.3 is 9.73 Å². The van der Waals surface area contributed by atoms with Gasteiger partial charge in [0.1, 0.15) is 11.6 Å². The molecule has 16 heavy (non-hydrogen) atoms. The SMILES string of the molecule is Cc1cnc(NCCc2ccco2)c(Br)c1. The van der Waals surface area contributed by atoms with Crippen molar-refractivity contribution in [3.63, 3.8) is 0 Å². The van der Waals surface area contributed by atoms with E-state index >= 15 is 0 Å². The van der Waals surface area contributed by atoms with E-state index in [1.807, 2.05) is 31.3 Å². The molecule has 0 aliphatic heterocycles. The summed E-state index contributed by atoms with van der Waals surface area (Å²) in [5, 5.41) is 3.26. The van der Waals surface area contributed by atoms with Gasteiger partial charge in [0.05, 0.1) is 10.7 Å². The smallest absolute Gasteiger partial charge is 0.140 e. The molecule has 0 saturated carbocycles. The molecule has 0 saturated heterocycles. The lowest BCUT2D eigenvalue weighted by Gasteiger charge is -2.06. The standard InChI is InChI=1S/C12H13BrN2O/c1-9-7-11(13)12(15-8-9)14-5-4-10-3-2-6-16-10/h2-3,6-8H,4-5H2,1H3,(H,14,15). The van der Waals surface area contributed by atoms with Crippen LogP contribution in [0, 0.1) is 6.92 Å². The van der Waals surface area contributed by atoms with Gasteiger partial charge in [0.25, 0.3) is 0 Å². The van der Waals surface area contributed by atoms with Crippen molar-refractivity contribution in [3.05, 3.63) is 46.5 Å². The van der Waals surface area contributed by atoms with Crippen molar-refractivity contribution >= 4 is 21.7 Å². The predicted octanol–water partition coefficient (Wildman–Crippen LogP) is 3.40. The van der Waals surface area contributed by atoms with E-state index in [4.69, 9.17) is 4.42 Å². The molecule has 1 N–H and O–H groups in total. The Labute approximate surface area is 103 Å². The largest absolute Gasteiger partial charge is 0.469 e. The van der Waals surface area contributed by atoms with Crippen LogP contribution in [0.4, 0.5) is 5.82 Å². The van der Waals surface area contributed by atoms with Crippen molar-refractivity contribution in [2.75, 3.05) is 11.9 Å². The summed E-state index contributed by atoms with van der Waals surface area (Å²) in [5.41, 5.74) is 1.14. The van der Waals surface area contributed by atoms with E-state index in [1.165, 1.54) is 0 Å². The highest BCUT2D eigenvalue weighted by molar-refractivity contribution is 9.10. The van der Waals surface area contributed by atoms with Gasteiger partial charge in [-0.25, -0.2) is 4.98 Å². The molecule has 0 atom stereocenters. The van der Waals surface area contributed by atoms with Gasteiger partial charge >= 0.3 is 0 Å². The number of pyridine rings is 1. The Morgan fingerprint density at radius 1 is 1.50 bits per heavy atom. The zero-order valence-electron chi connectivity index (χ0n) is 9.03. The van der Waals surface area contributed by atoms with Crippen LogP contribution < -0.4 is 5.32 Å². The molecule has 0 aliphatic rings. The number of aryl methyl sites for hydroxylation is 1. The first-order chi connectivity index (χ1) is 7.75. The summed E-state index contributed by atoms with van der Waals surface area (Å²) < 4.78 is 6.24. The maximum atomic E-state index is 5.25. The second-order valence-electron chi connectivity index (χ2n) is 3.60. The van der Waals surface area contributed by atoms with Crippen LogP contribution in [0.3, 0.4) is 0 Å². The highest BCUT2D eigenvalue weighted by atomic mass is 79.9. The number of rotatable bonds is 4. The molecule has 0 radical (unpaired) electrons. The van der Waals surface area contributed by atoms with Gasteiger partial charge in [-0.3, -0.25) is 0 Å². The Hall–Kier alpha value is -1.29. The van der Waals surface area contributed by atoms with Crippen LogP contribution in [0.15, 0.2) is 39.5 Å². The normalized spacial score (nSPS) is 10.4. The Morgan fingerprint density at radius 3 is 3.06 bits per heavy atom. The average Bonchev–Trinajstić information content (AvgIpc) is 2.74. The van der Waals surface area contributed by atoms with Gasteiger partial charge in [0, 0.05) is 19.2 Å². The summed E-state index contributed by atoms with van der Waals surface area (Å²) in [6.45, 7) is 2.83. The first kappa shape index (κ1) is 11.2. The number of hydrogen-bond acceptors (Lipinski definition) is 3. The van der Waals surface area contributed by atoms with E-state index in [2.05, 4.69) is 26.2 Å². The Morgan fingerprint density at radius 2 is 2.38 bits per heavy atom. The summed E-state index contributed by atoms with van der Waals surface area (Å²) in [5.74, 6) is 1.85.